The van der Waals surface area contributed by atoms with Gasteiger partial charge in [0.05, 0.1) is 0 Å². The number of rotatable bonds is 5. The van der Waals surface area contributed by atoms with E-state index in [9.17, 15) is 9.59 Å². The van der Waals surface area contributed by atoms with Crippen LogP contribution in [0.5, 0.6) is 0 Å². The van der Waals surface area contributed by atoms with Crippen LogP contribution in [0, 0.1) is 0 Å². The monoisotopic (exact) mass is 204 g/mol. The lowest BCUT2D eigenvalue weighted by molar-refractivity contribution is -0.139. The molecule has 0 heterocycles. The lowest BCUT2D eigenvalue weighted by Gasteiger charge is -2.12. The summed E-state index contributed by atoms with van der Waals surface area (Å²) in [5, 5.41) is 8.54. The third kappa shape index (κ3) is 4.54. The standard InChI is InChI=1S/C7H12N2O3S/c1-4(2)6(10)9-8-5(3-13)7(11)12/h5,8,13H,1,3H2,2H3,(H,9,10)(H,11,12)/t5-/m0/s1. The van der Waals surface area contributed by atoms with Crippen LogP contribution in [0.25, 0.3) is 0 Å². The van der Waals surface area contributed by atoms with E-state index in [0.29, 0.717) is 5.57 Å². The molecule has 0 unspecified atom stereocenters. The topological polar surface area (TPSA) is 78.4 Å². The van der Waals surface area contributed by atoms with Gasteiger partial charge in [0.25, 0.3) is 5.91 Å². The summed E-state index contributed by atoms with van der Waals surface area (Å²) in [7, 11) is 0. The Labute approximate surface area is 81.6 Å². The molecule has 74 valence electrons. The van der Waals surface area contributed by atoms with E-state index >= 15 is 0 Å². The SMILES string of the molecule is C=C(C)C(=O)NN[C@@H](CS)C(=O)O. The predicted molar refractivity (Wildman–Crippen MR) is 51.4 cm³/mol. The van der Waals surface area contributed by atoms with Crippen LogP contribution in [0.3, 0.4) is 0 Å². The highest BCUT2D eigenvalue weighted by atomic mass is 32.1. The van der Waals surface area contributed by atoms with Crippen molar-refractivity contribution in [2.75, 3.05) is 5.75 Å². The van der Waals surface area contributed by atoms with Gasteiger partial charge in [-0.1, -0.05) is 6.58 Å². The number of carbonyl (C=O) groups excluding carboxylic acids is 1. The second-order valence-corrected chi connectivity index (χ2v) is 2.82. The first-order chi connectivity index (χ1) is 5.99. The molecule has 13 heavy (non-hydrogen) atoms. The lowest BCUT2D eigenvalue weighted by Crippen LogP contribution is -2.49. The molecule has 0 radical (unpaired) electrons. The normalized spacial score (nSPS) is 11.8. The Balaban J connectivity index is 3.92. The molecule has 6 heteroatoms. The van der Waals surface area contributed by atoms with Gasteiger partial charge in [0, 0.05) is 11.3 Å². The fourth-order valence-electron chi connectivity index (χ4n) is 0.445. The minimum atomic E-state index is -1.07. The lowest BCUT2D eigenvalue weighted by atomic mass is 10.3. The summed E-state index contributed by atoms with van der Waals surface area (Å²) in [6.07, 6.45) is 0. The van der Waals surface area contributed by atoms with E-state index in [4.69, 9.17) is 5.11 Å². The number of hydrogen-bond donors (Lipinski definition) is 4. The highest BCUT2D eigenvalue weighted by Crippen LogP contribution is 1.88. The summed E-state index contributed by atoms with van der Waals surface area (Å²) in [4.78, 5) is 21.3. The summed E-state index contributed by atoms with van der Waals surface area (Å²) in [6.45, 7) is 4.91. The Morgan fingerprint density at radius 2 is 2.15 bits per heavy atom. The van der Waals surface area contributed by atoms with Crippen LogP contribution >= 0.6 is 12.6 Å². The Morgan fingerprint density at radius 3 is 2.46 bits per heavy atom. The molecule has 0 rings (SSSR count). The summed E-state index contributed by atoms with van der Waals surface area (Å²) in [5.41, 5.74) is 4.81. The van der Waals surface area contributed by atoms with Gasteiger partial charge in [-0.25, -0.2) is 5.43 Å². The Bertz CT molecular complexity index is 230. The van der Waals surface area contributed by atoms with Crippen molar-refractivity contribution in [1.29, 1.82) is 0 Å². The summed E-state index contributed by atoms with van der Waals surface area (Å²) < 4.78 is 0. The fraction of sp³-hybridized carbons (Fsp3) is 0.429. The molecule has 0 spiro atoms. The average Bonchev–Trinajstić information content (AvgIpc) is 2.04. The van der Waals surface area contributed by atoms with Crippen LogP contribution in [0.1, 0.15) is 6.92 Å². The Kier molecular flexibility index (Phi) is 5.17. The van der Waals surface area contributed by atoms with Crippen molar-refractivity contribution < 1.29 is 14.7 Å². The van der Waals surface area contributed by atoms with E-state index in [1.54, 1.807) is 0 Å². The van der Waals surface area contributed by atoms with Gasteiger partial charge in [0.1, 0.15) is 6.04 Å². The van der Waals surface area contributed by atoms with Crippen molar-refractivity contribution >= 4 is 24.5 Å². The maximum atomic E-state index is 10.9. The molecule has 0 aromatic carbocycles. The second-order valence-electron chi connectivity index (χ2n) is 2.45. The number of carbonyl (C=O) groups is 2. The number of carboxylic acids is 1. The molecular weight excluding hydrogens is 192 g/mol. The smallest absolute Gasteiger partial charge is 0.323 e. The molecule has 0 aliphatic heterocycles. The van der Waals surface area contributed by atoms with Gasteiger partial charge >= 0.3 is 5.97 Å². The van der Waals surface area contributed by atoms with Crippen molar-refractivity contribution in [1.82, 2.24) is 10.9 Å². The zero-order valence-corrected chi connectivity index (χ0v) is 8.10. The van der Waals surface area contributed by atoms with E-state index < -0.39 is 17.9 Å². The molecule has 0 aromatic rings. The van der Waals surface area contributed by atoms with Crippen LogP contribution in [0.15, 0.2) is 12.2 Å². The highest BCUT2D eigenvalue weighted by Gasteiger charge is 2.15. The third-order valence-electron chi connectivity index (χ3n) is 1.23. The molecule has 0 aromatic heterocycles. The molecule has 0 saturated heterocycles. The number of hydrogen-bond acceptors (Lipinski definition) is 4. The Morgan fingerprint density at radius 1 is 1.62 bits per heavy atom. The summed E-state index contributed by atoms with van der Waals surface area (Å²) in [6, 6.07) is -0.897. The van der Waals surface area contributed by atoms with Gasteiger partial charge in [0.2, 0.25) is 0 Å². The molecule has 0 aliphatic carbocycles. The first-order valence-electron chi connectivity index (χ1n) is 3.54. The minimum Gasteiger partial charge on any atom is -0.480 e. The van der Waals surface area contributed by atoms with Gasteiger partial charge in [-0.15, -0.1) is 0 Å². The van der Waals surface area contributed by atoms with Crippen molar-refractivity contribution in [3.63, 3.8) is 0 Å². The van der Waals surface area contributed by atoms with Crippen molar-refractivity contribution in [3.8, 4) is 0 Å². The number of aliphatic carboxylic acids is 1. The van der Waals surface area contributed by atoms with Crippen molar-refractivity contribution in [3.05, 3.63) is 12.2 Å². The molecule has 0 saturated carbocycles. The molecular formula is C7H12N2O3S. The maximum absolute atomic E-state index is 10.9. The molecule has 0 fully saturated rings. The number of thiol groups is 1. The van der Waals surface area contributed by atoms with E-state index in [2.05, 4.69) is 30.1 Å². The number of hydrazine groups is 1. The summed E-state index contributed by atoms with van der Waals surface area (Å²) in [5.74, 6) is -1.42. The number of nitrogens with one attached hydrogen (secondary N) is 2. The van der Waals surface area contributed by atoms with Crippen LogP contribution in [0.2, 0.25) is 0 Å². The van der Waals surface area contributed by atoms with E-state index in [1.807, 2.05) is 0 Å². The van der Waals surface area contributed by atoms with Crippen molar-refractivity contribution in [2.45, 2.75) is 13.0 Å². The molecule has 3 N–H and O–H groups in total. The fourth-order valence-corrected chi connectivity index (χ4v) is 0.692. The first kappa shape index (κ1) is 12.0. The number of carboxylic acid groups (broad SMARTS) is 1. The van der Waals surface area contributed by atoms with Crippen molar-refractivity contribution in [2.24, 2.45) is 0 Å². The molecule has 1 amide bonds. The second kappa shape index (κ2) is 5.60. The summed E-state index contributed by atoms with van der Waals surface area (Å²) >= 11 is 3.79. The molecule has 5 nitrogen and oxygen atoms in total. The van der Waals surface area contributed by atoms with Gasteiger partial charge in [-0.3, -0.25) is 15.0 Å². The van der Waals surface area contributed by atoms with Crippen LogP contribution in [0.4, 0.5) is 0 Å². The molecule has 1 atom stereocenters. The number of amides is 1. The quantitative estimate of drug-likeness (QED) is 0.278. The highest BCUT2D eigenvalue weighted by molar-refractivity contribution is 7.80. The van der Waals surface area contributed by atoms with E-state index in [1.165, 1.54) is 6.92 Å². The predicted octanol–water partition coefficient (Wildman–Crippen LogP) is -0.434. The maximum Gasteiger partial charge on any atom is 0.323 e. The minimum absolute atomic E-state index is 0.0891. The molecule has 0 aliphatic rings. The van der Waals surface area contributed by atoms with Gasteiger partial charge in [-0.05, 0) is 6.92 Å². The van der Waals surface area contributed by atoms with E-state index in [-0.39, 0.29) is 5.75 Å². The van der Waals surface area contributed by atoms with Gasteiger partial charge in [0.15, 0.2) is 0 Å². The zero-order chi connectivity index (χ0) is 10.4. The van der Waals surface area contributed by atoms with Gasteiger partial charge < -0.3 is 5.11 Å². The third-order valence-corrected chi connectivity index (χ3v) is 1.59. The zero-order valence-electron chi connectivity index (χ0n) is 7.20. The van der Waals surface area contributed by atoms with E-state index in [0.717, 1.165) is 0 Å². The van der Waals surface area contributed by atoms with Gasteiger partial charge in [-0.2, -0.15) is 12.6 Å². The first-order valence-corrected chi connectivity index (χ1v) is 4.17. The molecule has 0 bridgehead atoms. The van der Waals surface area contributed by atoms with Crippen LogP contribution in [-0.4, -0.2) is 28.8 Å². The van der Waals surface area contributed by atoms with Crippen LogP contribution < -0.4 is 10.9 Å². The Hall–Kier alpha value is -1.01. The van der Waals surface area contributed by atoms with Crippen LogP contribution in [-0.2, 0) is 9.59 Å². The largest absolute Gasteiger partial charge is 0.480 e. The average molecular weight is 204 g/mol.